The molecule has 0 aliphatic carbocycles. The first kappa shape index (κ1) is 13.3. The van der Waals surface area contributed by atoms with Crippen molar-refractivity contribution >= 4 is 5.97 Å². The van der Waals surface area contributed by atoms with Gasteiger partial charge >= 0.3 is 5.97 Å². The Hall–Kier alpha value is -1.75. The quantitative estimate of drug-likeness (QED) is 0.619. The average Bonchev–Trinajstić information content (AvgIpc) is 2.23. The zero-order valence-electron chi connectivity index (χ0n) is 9.63. The third-order valence-electron chi connectivity index (χ3n) is 2.77. The standard InChI is InChI=1S/C12H17NO4/c1-7(2-9(6-13)12(16)17)8-3-10(14)5-11(15)4-8/h3-5,7,9,14-15H,2,6,13H2,1H3,(H,16,17). The molecule has 0 saturated heterocycles. The van der Waals surface area contributed by atoms with E-state index in [1.165, 1.54) is 18.2 Å². The molecule has 0 amide bonds. The molecule has 0 bridgehead atoms. The van der Waals surface area contributed by atoms with Gasteiger partial charge < -0.3 is 21.1 Å². The Balaban J connectivity index is 2.81. The van der Waals surface area contributed by atoms with E-state index in [-0.39, 0.29) is 24.0 Å². The molecule has 2 unspecified atom stereocenters. The highest BCUT2D eigenvalue weighted by Gasteiger charge is 2.20. The average molecular weight is 239 g/mol. The molecule has 2 atom stereocenters. The maximum atomic E-state index is 10.9. The second kappa shape index (κ2) is 5.54. The van der Waals surface area contributed by atoms with Crippen LogP contribution in [0.25, 0.3) is 0 Å². The monoisotopic (exact) mass is 239 g/mol. The van der Waals surface area contributed by atoms with E-state index in [0.717, 1.165) is 0 Å². The van der Waals surface area contributed by atoms with E-state index in [0.29, 0.717) is 12.0 Å². The van der Waals surface area contributed by atoms with Gasteiger partial charge in [0.05, 0.1) is 5.92 Å². The maximum Gasteiger partial charge on any atom is 0.307 e. The van der Waals surface area contributed by atoms with Gasteiger partial charge in [-0.25, -0.2) is 0 Å². The summed E-state index contributed by atoms with van der Waals surface area (Å²) in [4.78, 5) is 10.9. The lowest BCUT2D eigenvalue weighted by atomic mass is 9.90. The highest BCUT2D eigenvalue weighted by molar-refractivity contribution is 5.70. The number of benzene rings is 1. The molecule has 0 aliphatic rings. The SMILES string of the molecule is CC(CC(CN)C(=O)O)c1cc(O)cc(O)c1. The third kappa shape index (κ3) is 3.64. The molecule has 0 spiro atoms. The second-order valence-electron chi connectivity index (χ2n) is 4.19. The number of carboxylic acids is 1. The van der Waals surface area contributed by atoms with Crippen molar-refractivity contribution in [1.82, 2.24) is 0 Å². The first-order chi connectivity index (χ1) is 7.93. The summed E-state index contributed by atoms with van der Waals surface area (Å²) in [5, 5.41) is 27.6. The number of aliphatic carboxylic acids is 1. The molecule has 0 aromatic heterocycles. The van der Waals surface area contributed by atoms with Crippen LogP contribution in [0.3, 0.4) is 0 Å². The van der Waals surface area contributed by atoms with Crippen molar-refractivity contribution in [1.29, 1.82) is 0 Å². The van der Waals surface area contributed by atoms with Gasteiger partial charge in [0.1, 0.15) is 11.5 Å². The van der Waals surface area contributed by atoms with Gasteiger partial charge in [0.15, 0.2) is 0 Å². The van der Waals surface area contributed by atoms with Crippen LogP contribution >= 0.6 is 0 Å². The fraction of sp³-hybridized carbons (Fsp3) is 0.417. The number of nitrogens with two attached hydrogens (primary N) is 1. The van der Waals surface area contributed by atoms with Gasteiger partial charge in [0.25, 0.3) is 0 Å². The van der Waals surface area contributed by atoms with Crippen molar-refractivity contribution in [2.45, 2.75) is 19.3 Å². The van der Waals surface area contributed by atoms with Crippen LogP contribution in [0.5, 0.6) is 11.5 Å². The molecule has 1 rings (SSSR count). The first-order valence-corrected chi connectivity index (χ1v) is 5.39. The van der Waals surface area contributed by atoms with Crippen LogP contribution in [0.2, 0.25) is 0 Å². The molecule has 17 heavy (non-hydrogen) atoms. The molecule has 5 heteroatoms. The molecule has 0 heterocycles. The molecule has 94 valence electrons. The normalized spacial score (nSPS) is 14.2. The van der Waals surface area contributed by atoms with Crippen molar-refractivity contribution < 1.29 is 20.1 Å². The van der Waals surface area contributed by atoms with Crippen molar-refractivity contribution in [2.75, 3.05) is 6.54 Å². The van der Waals surface area contributed by atoms with Crippen LogP contribution in [0.4, 0.5) is 0 Å². The molecule has 0 aliphatic heterocycles. The lowest BCUT2D eigenvalue weighted by molar-refractivity contribution is -0.141. The molecule has 0 saturated carbocycles. The molecule has 1 aromatic rings. The van der Waals surface area contributed by atoms with Gasteiger partial charge in [-0.2, -0.15) is 0 Å². The Kier molecular flexibility index (Phi) is 4.34. The van der Waals surface area contributed by atoms with Gasteiger partial charge in [-0.3, -0.25) is 4.79 Å². The number of aromatic hydroxyl groups is 2. The smallest absolute Gasteiger partial charge is 0.307 e. The first-order valence-electron chi connectivity index (χ1n) is 5.39. The van der Waals surface area contributed by atoms with Gasteiger partial charge in [-0.05, 0) is 30.0 Å². The summed E-state index contributed by atoms with van der Waals surface area (Å²) in [5.74, 6) is -1.71. The second-order valence-corrected chi connectivity index (χ2v) is 4.19. The maximum absolute atomic E-state index is 10.9. The summed E-state index contributed by atoms with van der Waals surface area (Å²) in [6, 6.07) is 4.26. The molecule has 0 radical (unpaired) electrons. The van der Waals surface area contributed by atoms with E-state index >= 15 is 0 Å². The summed E-state index contributed by atoms with van der Waals surface area (Å²) in [6.45, 7) is 1.91. The summed E-state index contributed by atoms with van der Waals surface area (Å²) >= 11 is 0. The van der Waals surface area contributed by atoms with Crippen molar-refractivity contribution in [3.8, 4) is 11.5 Å². The largest absolute Gasteiger partial charge is 0.508 e. The van der Waals surface area contributed by atoms with Gasteiger partial charge in [0.2, 0.25) is 0 Å². The third-order valence-corrected chi connectivity index (χ3v) is 2.77. The summed E-state index contributed by atoms with van der Waals surface area (Å²) in [6.07, 6.45) is 0.370. The lowest BCUT2D eigenvalue weighted by Crippen LogP contribution is -2.24. The molecule has 5 N–H and O–H groups in total. The van der Waals surface area contributed by atoms with E-state index in [2.05, 4.69) is 0 Å². The molecule has 0 fully saturated rings. The predicted octanol–water partition coefficient (Wildman–Crippen LogP) is 1.25. The summed E-state index contributed by atoms with van der Waals surface area (Å²) < 4.78 is 0. The topological polar surface area (TPSA) is 104 Å². The highest BCUT2D eigenvalue weighted by atomic mass is 16.4. The Labute approximate surface area is 99.5 Å². The predicted molar refractivity (Wildman–Crippen MR) is 63.0 cm³/mol. The van der Waals surface area contributed by atoms with Crippen LogP contribution in [0, 0.1) is 5.92 Å². The minimum atomic E-state index is -0.927. The zero-order chi connectivity index (χ0) is 13.0. The fourth-order valence-electron chi connectivity index (χ4n) is 1.76. The Morgan fingerprint density at radius 2 is 1.82 bits per heavy atom. The highest BCUT2D eigenvalue weighted by Crippen LogP contribution is 2.29. The summed E-state index contributed by atoms with van der Waals surface area (Å²) in [7, 11) is 0. The van der Waals surface area contributed by atoms with Crippen LogP contribution < -0.4 is 5.73 Å². The summed E-state index contributed by atoms with van der Waals surface area (Å²) in [5.41, 5.74) is 6.08. The number of hydrogen-bond donors (Lipinski definition) is 4. The number of carboxylic acid groups (broad SMARTS) is 1. The van der Waals surface area contributed by atoms with Gasteiger partial charge in [-0.15, -0.1) is 0 Å². The van der Waals surface area contributed by atoms with E-state index in [4.69, 9.17) is 10.8 Å². The Morgan fingerprint density at radius 1 is 1.29 bits per heavy atom. The van der Waals surface area contributed by atoms with Crippen LogP contribution in [0.1, 0.15) is 24.8 Å². The fourth-order valence-corrected chi connectivity index (χ4v) is 1.76. The van der Waals surface area contributed by atoms with E-state index < -0.39 is 11.9 Å². The number of carbonyl (C=O) groups is 1. The van der Waals surface area contributed by atoms with Crippen molar-refractivity contribution in [3.63, 3.8) is 0 Å². The van der Waals surface area contributed by atoms with Crippen LogP contribution in [-0.4, -0.2) is 27.8 Å². The van der Waals surface area contributed by atoms with E-state index in [1.807, 2.05) is 6.92 Å². The number of rotatable bonds is 5. The van der Waals surface area contributed by atoms with Gasteiger partial charge in [-0.1, -0.05) is 6.92 Å². The Morgan fingerprint density at radius 3 is 2.24 bits per heavy atom. The molecular formula is C12H17NO4. The number of hydrogen-bond acceptors (Lipinski definition) is 4. The number of phenols is 2. The van der Waals surface area contributed by atoms with E-state index in [1.54, 1.807) is 0 Å². The lowest BCUT2D eigenvalue weighted by Gasteiger charge is -2.17. The number of phenolic OH excluding ortho intramolecular Hbond substituents is 2. The molecular weight excluding hydrogens is 222 g/mol. The minimum absolute atomic E-state index is 0.0357. The van der Waals surface area contributed by atoms with Crippen LogP contribution in [0.15, 0.2) is 18.2 Å². The molecule has 1 aromatic carbocycles. The zero-order valence-corrected chi connectivity index (χ0v) is 9.63. The van der Waals surface area contributed by atoms with Gasteiger partial charge in [0, 0.05) is 12.6 Å². The van der Waals surface area contributed by atoms with E-state index in [9.17, 15) is 15.0 Å². The Bertz CT molecular complexity index is 385. The molecule has 5 nitrogen and oxygen atoms in total. The minimum Gasteiger partial charge on any atom is -0.508 e. The van der Waals surface area contributed by atoms with Crippen LogP contribution in [-0.2, 0) is 4.79 Å². The van der Waals surface area contributed by atoms with Crippen molar-refractivity contribution in [2.24, 2.45) is 11.7 Å². The van der Waals surface area contributed by atoms with Crippen molar-refractivity contribution in [3.05, 3.63) is 23.8 Å².